The van der Waals surface area contributed by atoms with Crippen LogP contribution in [0.5, 0.6) is 0 Å². The topological polar surface area (TPSA) is 111 Å². The molecule has 7 rings (SSSR count). The van der Waals surface area contributed by atoms with Gasteiger partial charge in [0.1, 0.15) is 0 Å². The first kappa shape index (κ1) is 35.6. The minimum atomic E-state index is 0.273. The first-order valence-corrected chi connectivity index (χ1v) is 19.0. The maximum atomic E-state index is 6.81. The second-order valence-corrected chi connectivity index (χ2v) is 14.6. The fourth-order valence-corrected chi connectivity index (χ4v) is 7.30. The summed E-state index contributed by atoms with van der Waals surface area (Å²) in [5, 5.41) is 17.6. The van der Waals surface area contributed by atoms with Gasteiger partial charge in [0.25, 0.3) is 0 Å². The molecule has 52 heavy (non-hydrogen) atoms. The number of hydrogen-bond donors (Lipinski definition) is 2. The van der Waals surface area contributed by atoms with Crippen molar-refractivity contribution in [2.75, 3.05) is 10.6 Å². The Bertz CT molecular complexity index is 2170. The monoisotopic (exact) mass is 734 g/mol. The van der Waals surface area contributed by atoms with Crippen molar-refractivity contribution in [1.29, 1.82) is 0 Å². The molecule has 1 aliphatic rings. The van der Waals surface area contributed by atoms with Gasteiger partial charge in [0, 0.05) is 58.8 Å². The number of nitrogens with zero attached hydrogens (tertiary/aromatic N) is 8. The van der Waals surface area contributed by atoms with Gasteiger partial charge in [-0.05, 0) is 69.9 Å². The van der Waals surface area contributed by atoms with Crippen LogP contribution in [-0.2, 0) is 12.8 Å². The van der Waals surface area contributed by atoms with E-state index in [1.165, 1.54) is 25.7 Å². The number of anilines is 2. The molecule has 0 saturated heterocycles. The van der Waals surface area contributed by atoms with Crippen molar-refractivity contribution in [2.45, 2.75) is 91.1 Å². The van der Waals surface area contributed by atoms with Crippen molar-refractivity contribution < 1.29 is 0 Å². The lowest BCUT2D eigenvalue weighted by molar-refractivity contribution is 0.755. The number of hydrogen-bond acceptors (Lipinski definition) is 8. The fourth-order valence-electron chi connectivity index (χ4n) is 6.75. The highest BCUT2D eigenvalue weighted by Crippen LogP contribution is 2.34. The van der Waals surface area contributed by atoms with Gasteiger partial charge in [0.2, 0.25) is 0 Å². The number of nitrogens with one attached hydrogen (secondary N) is 2. The van der Waals surface area contributed by atoms with Crippen molar-refractivity contribution in [1.82, 2.24) is 39.5 Å². The summed E-state index contributed by atoms with van der Waals surface area (Å²) in [6, 6.07) is 10.8. The molecule has 6 aromatic rings. The molecule has 6 aromatic heterocycles. The number of pyridine rings is 4. The van der Waals surface area contributed by atoms with Crippen molar-refractivity contribution in [2.24, 2.45) is 0 Å². The smallest absolute Gasteiger partial charge is 0.0921 e. The zero-order chi connectivity index (χ0) is 36.2. The SMILES string of the molecule is CCCc1cc(-n2cc(-c3ncc(NC4CCCC4)cc3Cl)cn2)c(-c2cc(-n3cc(-c4ncc(NC(C)C)cc4Cl)cn3)cc(CCC)n2)cn1. The number of aryl methyl sites for hydroxylation is 2. The van der Waals surface area contributed by atoms with E-state index in [-0.39, 0.29) is 6.04 Å². The van der Waals surface area contributed by atoms with Crippen LogP contribution in [0.15, 0.2) is 73.7 Å². The average molecular weight is 736 g/mol. The molecule has 268 valence electrons. The zero-order valence-corrected chi connectivity index (χ0v) is 31.6. The Morgan fingerprint density at radius 3 is 2.04 bits per heavy atom. The molecule has 0 unspecified atom stereocenters. The molecule has 0 aliphatic heterocycles. The van der Waals surface area contributed by atoms with Crippen LogP contribution in [-0.4, -0.2) is 51.6 Å². The third kappa shape index (κ3) is 7.98. The predicted octanol–water partition coefficient (Wildman–Crippen LogP) is 10.0. The molecule has 1 fully saturated rings. The van der Waals surface area contributed by atoms with Crippen molar-refractivity contribution >= 4 is 34.6 Å². The number of halogens is 2. The van der Waals surface area contributed by atoms with Crippen LogP contribution in [0.25, 0.3) is 45.1 Å². The van der Waals surface area contributed by atoms with E-state index in [1.807, 2.05) is 58.5 Å². The van der Waals surface area contributed by atoms with Gasteiger partial charge in [-0.25, -0.2) is 9.36 Å². The molecule has 1 saturated carbocycles. The Labute approximate surface area is 315 Å². The van der Waals surface area contributed by atoms with E-state index in [1.54, 1.807) is 12.4 Å². The summed E-state index contributed by atoms with van der Waals surface area (Å²) in [7, 11) is 0. The Morgan fingerprint density at radius 1 is 0.731 bits per heavy atom. The number of rotatable bonds is 13. The van der Waals surface area contributed by atoms with Crippen LogP contribution in [0.4, 0.5) is 11.4 Å². The second kappa shape index (κ2) is 15.8. The maximum absolute atomic E-state index is 6.81. The molecular formula is C40H44Cl2N10. The lowest BCUT2D eigenvalue weighted by Crippen LogP contribution is -2.14. The van der Waals surface area contributed by atoms with E-state index in [0.717, 1.165) is 82.2 Å². The van der Waals surface area contributed by atoms with Gasteiger partial charge >= 0.3 is 0 Å². The molecule has 0 bridgehead atoms. The third-order valence-corrected chi connectivity index (χ3v) is 9.75. The van der Waals surface area contributed by atoms with E-state index >= 15 is 0 Å². The highest BCUT2D eigenvalue weighted by atomic mass is 35.5. The molecule has 6 heterocycles. The van der Waals surface area contributed by atoms with Crippen molar-refractivity contribution in [3.05, 3.63) is 95.1 Å². The van der Waals surface area contributed by atoms with Crippen LogP contribution in [0.3, 0.4) is 0 Å². The first-order valence-electron chi connectivity index (χ1n) is 18.2. The molecule has 0 atom stereocenters. The Balaban J connectivity index is 1.24. The molecule has 0 aromatic carbocycles. The van der Waals surface area contributed by atoms with Crippen molar-refractivity contribution in [3.8, 4) is 45.1 Å². The summed E-state index contributed by atoms with van der Waals surface area (Å²) in [4.78, 5) is 19.4. The minimum absolute atomic E-state index is 0.273. The van der Waals surface area contributed by atoms with E-state index in [9.17, 15) is 0 Å². The van der Waals surface area contributed by atoms with Gasteiger partial charge in [-0.1, -0.05) is 62.7 Å². The first-order chi connectivity index (χ1) is 25.3. The highest BCUT2D eigenvalue weighted by Gasteiger charge is 2.19. The minimum Gasteiger partial charge on any atom is -0.382 e. The molecular weight excluding hydrogens is 691 g/mol. The van der Waals surface area contributed by atoms with E-state index in [0.29, 0.717) is 27.5 Å². The van der Waals surface area contributed by atoms with Gasteiger partial charge in [-0.2, -0.15) is 10.2 Å². The lowest BCUT2D eigenvalue weighted by atomic mass is 10.1. The van der Waals surface area contributed by atoms with Gasteiger partial charge < -0.3 is 10.6 Å². The van der Waals surface area contributed by atoms with Crippen LogP contribution in [0.2, 0.25) is 10.0 Å². The Morgan fingerprint density at radius 2 is 1.37 bits per heavy atom. The van der Waals surface area contributed by atoms with Gasteiger partial charge in [-0.3, -0.25) is 19.9 Å². The molecule has 1 aliphatic carbocycles. The van der Waals surface area contributed by atoms with Crippen LogP contribution in [0, 0.1) is 0 Å². The third-order valence-electron chi connectivity index (χ3n) is 9.18. The fraction of sp³-hybridized carbons (Fsp3) is 0.350. The molecule has 12 heteroatoms. The molecule has 0 amide bonds. The largest absolute Gasteiger partial charge is 0.382 e. The quantitative estimate of drug-likeness (QED) is 0.121. The summed E-state index contributed by atoms with van der Waals surface area (Å²) >= 11 is 13.5. The van der Waals surface area contributed by atoms with Crippen molar-refractivity contribution in [3.63, 3.8) is 0 Å². The summed E-state index contributed by atoms with van der Waals surface area (Å²) in [5.74, 6) is 0. The standard InChI is InChI=1S/C40H44Cl2N10/c1-5-9-29-16-38(52-24-27(19-47-52)40-36(42)15-32(21-45-40)49-28-11-7-8-12-28)34(22-43-29)37-17-33(13-30(50-37)10-6-2)51-23-26(18-46-51)39-35(41)14-31(20-44-39)48-25(3)4/h13-25,28,48-49H,5-12H2,1-4H3. The molecule has 2 N–H and O–H groups in total. The summed E-state index contributed by atoms with van der Waals surface area (Å²) in [5.41, 5.74) is 10.2. The summed E-state index contributed by atoms with van der Waals surface area (Å²) < 4.78 is 3.72. The van der Waals surface area contributed by atoms with Gasteiger partial charge in [-0.15, -0.1) is 0 Å². The molecule has 0 radical (unpaired) electrons. The zero-order valence-electron chi connectivity index (χ0n) is 30.1. The van der Waals surface area contributed by atoms with Gasteiger partial charge in [0.15, 0.2) is 0 Å². The summed E-state index contributed by atoms with van der Waals surface area (Å²) in [6.07, 6.45) is 21.6. The average Bonchev–Trinajstić information content (AvgIpc) is 3.92. The Kier molecular flexibility index (Phi) is 10.8. The van der Waals surface area contributed by atoms with E-state index in [4.69, 9.17) is 48.4 Å². The highest BCUT2D eigenvalue weighted by molar-refractivity contribution is 6.33. The Hall–Kier alpha value is -4.80. The van der Waals surface area contributed by atoms with Crippen LogP contribution >= 0.6 is 23.2 Å². The van der Waals surface area contributed by atoms with E-state index in [2.05, 4.69) is 55.4 Å². The summed E-state index contributed by atoms with van der Waals surface area (Å²) in [6.45, 7) is 8.46. The van der Waals surface area contributed by atoms with Gasteiger partial charge in [0.05, 0.1) is 74.7 Å². The molecule has 0 spiro atoms. The number of aromatic nitrogens is 8. The van der Waals surface area contributed by atoms with E-state index < -0.39 is 0 Å². The maximum Gasteiger partial charge on any atom is 0.0921 e. The van der Waals surface area contributed by atoms with Crippen LogP contribution in [0.1, 0.15) is 77.6 Å². The molecule has 10 nitrogen and oxygen atoms in total. The van der Waals surface area contributed by atoms with Crippen LogP contribution < -0.4 is 10.6 Å². The predicted molar refractivity (Wildman–Crippen MR) is 211 cm³/mol. The second-order valence-electron chi connectivity index (χ2n) is 13.8. The lowest BCUT2D eigenvalue weighted by Gasteiger charge is -2.14. The normalized spacial score (nSPS) is 13.3.